The van der Waals surface area contributed by atoms with E-state index in [2.05, 4.69) is 34.9 Å². The summed E-state index contributed by atoms with van der Waals surface area (Å²) in [6.45, 7) is 3.93. The van der Waals surface area contributed by atoms with E-state index < -0.39 is 11.8 Å². The van der Waals surface area contributed by atoms with Gasteiger partial charge in [-0.05, 0) is 30.0 Å². The number of benzene rings is 2. The second-order valence-corrected chi connectivity index (χ2v) is 7.03. The SMILES string of the molecule is CC(C)Cc1cc(C(=O)NNC(=O)COc2ccccc2-c2ccccc2)n[nH]1. The normalized spacial score (nSPS) is 10.6. The molecule has 1 aromatic heterocycles. The molecule has 0 unspecified atom stereocenters. The Morgan fingerprint density at radius 3 is 2.52 bits per heavy atom. The van der Waals surface area contributed by atoms with E-state index in [1.54, 1.807) is 12.1 Å². The van der Waals surface area contributed by atoms with Gasteiger partial charge in [0.05, 0.1) is 0 Å². The number of amides is 2. The van der Waals surface area contributed by atoms with Gasteiger partial charge in [0.15, 0.2) is 12.3 Å². The number of nitrogens with zero attached hydrogens (tertiary/aromatic N) is 1. The zero-order chi connectivity index (χ0) is 20.6. The number of hydrazine groups is 1. The summed E-state index contributed by atoms with van der Waals surface area (Å²) in [6, 6.07) is 18.9. The molecule has 2 aromatic carbocycles. The molecule has 0 aliphatic heterocycles. The summed E-state index contributed by atoms with van der Waals surface area (Å²) < 4.78 is 5.65. The standard InChI is InChI=1S/C22H24N4O3/c1-15(2)12-17-13-19(24-23-17)22(28)26-25-21(27)14-29-20-11-7-6-10-18(20)16-8-4-3-5-9-16/h3-11,13,15H,12,14H2,1-2H3,(H,23,24)(H,25,27)(H,26,28). The summed E-state index contributed by atoms with van der Waals surface area (Å²) in [5.74, 6) is 0.0706. The van der Waals surface area contributed by atoms with Crippen molar-refractivity contribution in [2.75, 3.05) is 6.61 Å². The zero-order valence-corrected chi connectivity index (χ0v) is 16.4. The predicted octanol–water partition coefficient (Wildman–Crippen LogP) is 3.12. The summed E-state index contributed by atoms with van der Waals surface area (Å²) in [6.07, 6.45) is 0.793. The highest BCUT2D eigenvalue weighted by Crippen LogP contribution is 2.29. The average Bonchev–Trinajstić information content (AvgIpc) is 3.19. The quantitative estimate of drug-likeness (QED) is 0.538. The van der Waals surface area contributed by atoms with E-state index in [9.17, 15) is 9.59 Å². The van der Waals surface area contributed by atoms with Gasteiger partial charge in [-0.15, -0.1) is 0 Å². The topological polar surface area (TPSA) is 96.1 Å². The maximum absolute atomic E-state index is 12.1. The largest absolute Gasteiger partial charge is 0.483 e. The van der Waals surface area contributed by atoms with Gasteiger partial charge < -0.3 is 4.74 Å². The molecule has 0 saturated carbocycles. The Hall–Kier alpha value is -3.61. The van der Waals surface area contributed by atoms with Crippen LogP contribution in [0.5, 0.6) is 5.75 Å². The van der Waals surface area contributed by atoms with Gasteiger partial charge in [0.25, 0.3) is 11.8 Å². The number of carbonyl (C=O) groups excluding carboxylic acids is 2. The van der Waals surface area contributed by atoms with Crippen molar-refractivity contribution in [3.8, 4) is 16.9 Å². The van der Waals surface area contributed by atoms with Crippen molar-refractivity contribution in [1.82, 2.24) is 21.0 Å². The van der Waals surface area contributed by atoms with Crippen molar-refractivity contribution < 1.29 is 14.3 Å². The molecule has 0 bridgehead atoms. The van der Waals surface area contributed by atoms with Crippen LogP contribution in [0, 0.1) is 5.92 Å². The lowest BCUT2D eigenvalue weighted by Crippen LogP contribution is -2.44. The van der Waals surface area contributed by atoms with Crippen molar-refractivity contribution in [3.63, 3.8) is 0 Å². The smallest absolute Gasteiger partial charge is 0.290 e. The van der Waals surface area contributed by atoms with Crippen LogP contribution in [-0.4, -0.2) is 28.6 Å². The van der Waals surface area contributed by atoms with Gasteiger partial charge in [0.2, 0.25) is 0 Å². The summed E-state index contributed by atoms with van der Waals surface area (Å²) in [4.78, 5) is 24.2. The highest BCUT2D eigenvalue weighted by Gasteiger charge is 2.13. The van der Waals surface area contributed by atoms with Crippen molar-refractivity contribution >= 4 is 11.8 Å². The van der Waals surface area contributed by atoms with Crippen molar-refractivity contribution in [3.05, 3.63) is 72.1 Å². The van der Waals surface area contributed by atoms with Crippen molar-refractivity contribution in [1.29, 1.82) is 0 Å². The molecule has 7 heteroatoms. The average molecular weight is 392 g/mol. The Morgan fingerprint density at radius 1 is 1.03 bits per heavy atom. The van der Waals surface area contributed by atoms with E-state index in [4.69, 9.17) is 4.74 Å². The third-order valence-corrected chi connectivity index (χ3v) is 4.14. The van der Waals surface area contributed by atoms with Crippen LogP contribution in [0.1, 0.15) is 30.0 Å². The molecule has 0 saturated heterocycles. The molecule has 150 valence electrons. The summed E-state index contributed by atoms with van der Waals surface area (Å²) in [5, 5.41) is 6.79. The molecular weight excluding hydrogens is 368 g/mol. The van der Waals surface area contributed by atoms with Crippen LogP contribution in [0.15, 0.2) is 60.7 Å². The predicted molar refractivity (Wildman–Crippen MR) is 110 cm³/mol. The molecule has 3 N–H and O–H groups in total. The number of aromatic amines is 1. The first-order valence-corrected chi connectivity index (χ1v) is 9.43. The molecule has 3 aromatic rings. The molecule has 0 spiro atoms. The molecule has 0 atom stereocenters. The van der Waals surface area contributed by atoms with Crippen LogP contribution in [0.25, 0.3) is 11.1 Å². The van der Waals surface area contributed by atoms with Gasteiger partial charge in [0.1, 0.15) is 5.75 Å². The van der Waals surface area contributed by atoms with E-state index in [1.807, 2.05) is 48.5 Å². The summed E-state index contributed by atoms with van der Waals surface area (Å²) in [5.41, 5.74) is 7.66. The van der Waals surface area contributed by atoms with E-state index in [1.165, 1.54) is 0 Å². The number of hydrogen-bond donors (Lipinski definition) is 3. The number of carbonyl (C=O) groups is 2. The highest BCUT2D eigenvalue weighted by atomic mass is 16.5. The van der Waals surface area contributed by atoms with E-state index in [0.717, 1.165) is 23.2 Å². The van der Waals surface area contributed by atoms with Gasteiger partial charge in [-0.2, -0.15) is 5.10 Å². The van der Waals surface area contributed by atoms with Crippen LogP contribution in [-0.2, 0) is 11.2 Å². The third-order valence-electron chi connectivity index (χ3n) is 4.14. The second kappa shape index (κ2) is 9.54. The Balaban J connectivity index is 1.52. The van der Waals surface area contributed by atoms with Crippen LogP contribution < -0.4 is 15.6 Å². The Bertz CT molecular complexity index is 967. The van der Waals surface area contributed by atoms with Gasteiger partial charge >= 0.3 is 0 Å². The first-order valence-electron chi connectivity index (χ1n) is 9.43. The van der Waals surface area contributed by atoms with E-state index in [0.29, 0.717) is 11.7 Å². The van der Waals surface area contributed by atoms with Crippen LogP contribution in [0.4, 0.5) is 0 Å². The fourth-order valence-electron chi connectivity index (χ4n) is 2.84. The molecule has 3 rings (SSSR count). The van der Waals surface area contributed by atoms with Crippen LogP contribution in [0.2, 0.25) is 0 Å². The Kier molecular flexibility index (Phi) is 6.63. The number of nitrogens with one attached hydrogen (secondary N) is 3. The summed E-state index contributed by atoms with van der Waals surface area (Å²) in [7, 11) is 0. The number of para-hydroxylation sites is 1. The van der Waals surface area contributed by atoms with Crippen LogP contribution in [0.3, 0.4) is 0 Å². The van der Waals surface area contributed by atoms with Gasteiger partial charge in [0, 0.05) is 11.3 Å². The maximum Gasteiger partial charge on any atom is 0.290 e. The molecule has 0 aliphatic carbocycles. The monoisotopic (exact) mass is 392 g/mol. The number of rotatable bonds is 7. The molecule has 2 amide bonds. The number of hydrogen-bond acceptors (Lipinski definition) is 4. The van der Waals surface area contributed by atoms with Crippen LogP contribution >= 0.6 is 0 Å². The minimum Gasteiger partial charge on any atom is -0.483 e. The minimum absolute atomic E-state index is 0.219. The first kappa shape index (κ1) is 20.1. The van der Waals surface area contributed by atoms with E-state index in [-0.39, 0.29) is 12.3 Å². The fourth-order valence-corrected chi connectivity index (χ4v) is 2.84. The van der Waals surface area contributed by atoms with Gasteiger partial charge in [-0.25, -0.2) is 0 Å². The van der Waals surface area contributed by atoms with Crippen molar-refractivity contribution in [2.45, 2.75) is 20.3 Å². The molecular formula is C22H24N4O3. The molecule has 0 fully saturated rings. The number of ether oxygens (including phenoxy) is 1. The third kappa shape index (κ3) is 5.68. The summed E-state index contributed by atoms with van der Waals surface area (Å²) >= 11 is 0. The number of H-pyrrole nitrogens is 1. The van der Waals surface area contributed by atoms with Gasteiger partial charge in [-0.1, -0.05) is 62.4 Å². The zero-order valence-electron chi connectivity index (χ0n) is 16.4. The highest BCUT2D eigenvalue weighted by molar-refractivity contribution is 5.93. The lowest BCUT2D eigenvalue weighted by molar-refractivity contribution is -0.123. The molecule has 1 heterocycles. The minimum atomic E-state index is -0.491. The lowest BCUT2D eigenvalue weighted by Gasteiger charge is -2.12. The molecule has 0 radical (unpaired) electrons. The van der Waals surface area contributed by atoms with Crippen molar-refractivity contribution in [2.24, 2.45) is 5.92 Å². The molecule has 0 aliphatic rings. The first-order chi connectivity index (χ1) is 14.0. The molecule has 7 nitrogen and oxygen atoms in total. The van der Waals surface area contributed by atoms with E-state index >= 15 is 0 Å². The Labute approximate surface area is 169 Å². The molecule has 29 heavy (non-hydrogen) atoms. The lowest BCUT2D eigenvalue weighted by atomic mass is 10.1. The Morgan fingerprint density at radius 2 is 1.76 bits per heavy atom. The fraction of sp³-hybridized carbons (Fsp3) is 0.227. The number of aromatic nitrogens is 2. The van der Waals surface area contributed by atoms with Gasteiger partial charge in [-0.3, -0.25) is 25.5 Å². The second-order valence-electron chi connectivity index (χ2n) is 7.03. The maximum atomic E-state index is 12.1.